The number of nitrogens with zero attached hydrogens (tertiary/aromatic N) is 3. The monoisotopic (exact) mass is 673 g/mol. The van der Waals surface area contributed by atoms with Crippen LogP contribution in [0.15, 0.2) is 97.6 Å². The van der Waals surface area contributed by atoms with Gasteiger partial charge in [0, 0.05) is 30.4 Å². The van der Waals surface area contributed by atoms with Gasteiger partial charge in [0.1, 0.15) is 0 Å². The molecule has 4 aromatic heterocycles. The van der Waals surface area contributed by atoms with Crippen molar-refractivity contribution in [3.8, 4) is 22.5 Å². The third kappa shape index (κ3) is 5.35. The van der Waals surface area contributed by atoms with Gasteiger partial charge in [0.25, 0.3) is 0 Å². The molecule has 0 atom stereocenters. The van der Waals surface area contributed by atoms with Crippen LogP contribution in [-0.4, -0.2) is 29.5 Å². The van der Waals surface area contributed by atoms with Gasteiger partial charge in [-0.3, -0.25) is 0 Å². The number of aryl methyl sites for hydroxylation is 1. The third-order valence-corrected chi connectivity index (χ3v) is 7.26. The van der Waals surface area contributed by atoms with E-state index in [1.807, 2.05) is 30.5 Å². The second-order valence-corrected chi connectivity index (χ2v) is 9.30. The Kier molecular flexibility index (Phi) is 6.38. The van der Waals surface area contributed by atoms with Crippen LogP contribution >= 0.6 is 0 Å². The summed E-state index contributed by atoms with van der Waals surface area (Å²) in [6, 6.07) is 29.7. The van der Waals surface area contributed by atoms with E-state index < -0.39 is 6.85 Å². The molecule has 6 rings (SSSR count). The van der Waals surface area contributed by atoms with Gasteiger partial charge >= 0.3 is 116 Å². The van der Waals surface area contributed by atoms with Crippen molar-refractivity contribution in [1.29, 1.82) is 0 Å². The van der Waals surface area contributed by atoms with Crippen molar-refractivity contribution < 1.29 is 24.2 Å². The molecule has 0 fully saturated rings. The van der Waals surface area contributed by atoms with Gasteiger partial charge in [-0.2, -0.15) is 0 Å². The Balaban J connectivity index is 0.000000167. The Morgan fingerprint density at radius 1 is 0.788 bits per heavy atom. The van der Waals surface area contributed by atoms with Crippen molar-refractivity contribution in [2.24, 2.45) is 0 Å². The number of pyridine rings is 3. The van der Waals surface area contributed by atoms with Crippen molar-refractivity contribution >= 4 is 33.8 Å². The molecule has 0 amide bonds. The molecular formula is C28H19IrN3Se-2. The standard InChI is InChI=1S/C16H9N2Se.C12H10N.Ir/c1-2-4-15-12(3-1)13-9-14(18-10-16(13)19-15)11-5-7-17-8-6-11;1-10-7-8-12(13-9-10)11-5-3-2-4-6-11;/h1-5,7-10H;2-5,7-9H,1H3;/q2*-1;/i;1D3;. The molecule has 0 spiro atoms. The number of hydrogen-bond donors (Lipinski definition) is 0. The number of aromatic nitrogens is 3. The summed E-state index contributed by atoms with van der Waals surface area (Å²) in [4.78, 5) is 12.7. The Morgan fingerprint density at radius 2 is 1.64 bits per heavy atom. The van der Waals surface area contributed by atoms with E-state index in [2.05, 4.69) is 57.4 Å². The summed E-state index contributed by atoms with van der Waals surface area (Å²) < 4.78 is 24.5. The van der Waals surface area contributed by atoms with Crippen molar-refractivity contribution in [3.63, 3.8) is 0 Å². The Bertz CT molecular complexity index is 1570. The fourth-order valence-corrected chi connectivity index (χ4v) is 5.57. The second kappa shape index (κ2) is 10.8. The van der Waals surface area contributed by atoms with Crippen molar-refractivity contribution in [3.05, 3.63) is 115 Å². The predicted octanol–water partition coefficient (Wildman–Crippen LogP) is 6.16. The van der Waals surface area contributed by atoms with Crippen LogP contribution in [0.25, 0.3) is 41.8 Å². The molecule has 0 aliphatic rings. The Labute approximate surface area is 216 Å². The average molecular weight is 672 g/mol. The zero-order valence-corrected chi connectivity index (χ0v) is 21.4. The first kappa shape index (κ1) is 19.5. The fraction of sp³-hybridized carbons (Fsp3) is 0.0357. The molecule has 2 aromatic carbocycles. The van der Waals surface area contributed by atoms with Crippen LogP contribution in [-0.2, 0) is 20.1 Å². The molecule has 1 radical (unpaired) electrons. The molecule has 6 aromatic rings. The minimum absolute atomic E-state index is 0. The molecular weight excluding hydrogens is 650 g/mol. The van der Waals surface area contributed by atoms with Crippen LogP contribution in [0.2, 0.25) is 0 Å². The zero-order valence-electron chi connectivity index (χ0n) is 20.3. The normalized spacial score (nSPS) is 12.1. The van der Waals surface area contributed by atoms with E-state index >= 15 is 0 Å². The van der Waals surface area contributed by atoms with Crippen LogP contribution in [0.1, 0.15) is 9.68 Å². The Hall–Kier alpha value is -2.94. The van der Waals surface area contributed by atoms with E-state index in [0.717, 1.165) is 22.5 Å². The molecule has 0 saturated heterocycles. The summed E-state index contributed by atoms with van der Waals surface area (Å²) in [5.41, 5.74) is 3.81. The maximum absolute atomic E-state index is 7.23. The van der Waals surface area contributed by atoms with Crippen LogP contribution in [0, 0.1) is 19.0 Å². The molecule has 0 aliphatic heterocycles. The first-order chi connectivity index (χ1) is 17.0. The van der Waals surface area contributed by atoms with Gasteiger partial charge < -0.3 is 4.98 Å². The molecule has 0 unspecified atom stereocenters. The first-order valence-electron chi connectivity index (χ1n) is 11.5. The van der Waals surface area contributed by atoms with Crippen molar-refractivity contribution in [2.45, 2.75) is 6.85 Å². The molecule has 0 saturated carbocycles. The van der Waals surface area contributed by atoms with E-state index in [-0.39, 0.29) is 25.7 Å². The van der Waals surface area contributed by atoms with Crippen molar-refractivity contribution in [1.82, 2.24) is 15.0 Å². The minimum atomic E-state index is -2.09. The van der Waals surface area contributed by atoms with E-state index in [1.54, 1.807) is 30.6 Å². The molecule has 0 aliphatic carbocycles. The van der Waals surface area contributed by atoms with Gasteiger partial charge in [-0.1, -0.05) is 12.1 Å². The van der Waals surface area contributed by atoms with Crippen LogP contribution < -0.4 is 0 Å². The number of hydrogen-bond acceptors (Lipinski definition) is 3. The zero-order chi connectivity index (χ0) is 24.3. The van der Waals surface area contributed by atoms with Gasteiger partial charge in [0.15, 0.2) is 0 Å². The second-order valence-electron chi connectivity index (χ2n) is 7.02. The molecule has 0 N–H and O–H groups in total. The van der Waals surface area contributed by atoms with Crippen LogP contribution in [0.3, 0.4) is 0 Å². The molecule has 0 bridgehead atoms. The SMILES string of the molecule is [2H]C([2H])([2H])c1ccc(-c2[c-]cccc2)nc1.[Ir].[c-]1cnccc1-c1cc2c(cn1)[se]c1ccccc12. The van der Waals surface area contributed by atoms with E-state index in [1.165, 1.54) is 25.5 Å². The molecule has 3 nitrogen and oxygen atoms in total. The van der Waals surface area contributed by atoms with Gasteiger partial charge in [-0.25, -0.2) is 0 Å². The van der Waals surface area contributed by atoms with Gasteiger partial charge in [0.2, 0.25) is 0 Å². The first-order valence-corrected chi connectivity index (χ1v) is 11.7. The van der Waals surface area contributed by atoms with E-state index in [4.69, 9.17) is 4.11 Å². The summed E-state index contributed by atoms with van der Waals surface area (Å²) in [5.74, 6) is 0. The quantitative estimate of drug-likeness (QED) is 0.164. The number of benzene rings is 2. The van der Waals surface area contributed by atoms with Gasteiger partial charge in [-0.05, 0) is 18.1 Å². The van der Waals surface area contributed by atoms with E-state index in [9.17, 15) is 0 Å². The maximum atomic E-state index is 7.23. The molecule has 4 heterocycles. The number of fused-ring (bicyclic) bond motifs is 3. The summed E-state index contributed by atoms with van der Waals surface area (Å²) in [7, 11) is 0. The molecule has 33 heavy (non-hydrogen) atoms. The van der Waals surface area contributed by atoms with E-state index in [0.29, 0.717) is 14.5 Å². The Morgan fingerprint density at radius 3 is 2.39 bits per heavy atom. The summed E-state index contributed by atoms with van der Waals surface area (Å²) >= 11 is 0.388. The van der Waals surface area contributed by atoms with Gasteiger partial charge in [0.05, 0.1) is 0 Å². The predicted molar refractivity (Wildman–Crippen MR) is 132 cm³/mol. The number of rotatable bonds is 2. The fourth-order valence-electron chi connectivity index (χ4n) is 3.36. The average Bonchev–Trinajstić information content (AvgIpc) is 3.28. The summed E-state index contributed by atoms with van der Waals surface area (Å²) in [6.07, 6.45) is 6.86. The summed E-state index contributed by atoms with van der Waals surface area (Å²) in [5, 5.41) is 2.68. The van der Waals surface area contributed by atoms with Gasteiger partial charge in [-0.15, -0.1) is 35.9 Å². The molecule has 163 valence electrons. The van der Waals surface area contributed by atoms with Crippen LogP contribution in [0.5, 0.6) is 0 Å². The van der Waals surface area contributed by atoms with Crippen LogP contribution in [0.4, 0.5) is 0 Å². The topological polar surface area (TPSA) is 38.7 Å². The summed E-state index contributed by atoms with van der Waals surface area (Å²) in [6.45, 7) is -2.09. The van der Waals surface area contributed by atoms with Crippen molar-refractivity contribution in [2.75, 3.05) is 0 Å². The third-order valence-electron chi connectivity index (χ3n) is 4.91. The molecule has 5 heteroatoms.